The Morgan fingerprint density at radius 2 is 0.717 bits per heavy atom. The zero-order valence-corrected chi connectivity index (χ0v) is 32.9. The highest BCUT2D eigenvalue weighted by atomic mass is 16.3. The number of hydrogen-bond acceptors (Lipinski definition) is 2. The van der Waals surface area contributed by atoms with E-state index in [1.54, 1.807) is 0 Å². The van der Waals surface area contributed by atoms with Gasteiger partial charge in [0, 0.05) is 33.9 Å². The average molecular weight is 766 g/mol. The highest BCUT2D eigenvalue weighted by molar-refractivity contribution is 6.06. The zero-order chi connectivity index (χ0) is 39.8. The second kappa shape index (κ2) is 15.1. The van der Waals surface area contributed by atoms with Crippen molar-refractivity contribution in [3.05, 3.63) is 237 Å². The van der Waals surface area contributed by atoms with Gasteiger partial charge in [0.05, 0.1) is 0 Å². The van der Waals surface area contributed by atoms with E-state index in [4.69, 9.17) is 4.42 Å². The predicted octanol–water partition coefficient (Wildman–Crippen LogP) is 16.5. The van der Waals surface area contributed by atoms with E-state index in [2.05, 4.69) is 229 Å². The van der Waals surface area contributed by atoms with Crippen molar-refractivity contribution in [2.24, 2.45) is 0 Å². The lowest BCUT2D eigenvalue weighted by molar-refractivity contribution is 0.669. The Hall–Kier alpha value is -7.94. The van der Waals surface area contributed by atoms with Crippen molar-refractivity contribution in [2.45, 2.75) is 0 Å². The third-order valence-electron chi connectivity index (χ3n) is 11.7. The molecule has 11 aromatic rings. The van der Waals surface area contributed by atoms with Gasteiger partial charge >= 0.3 is 0 Å². The maximum absolute atomic E-state index is 6.42. The topological polar surface area (TPSA) is 16.4 Å². The summed E-state index contributed by atoms with van der Waals surface area (Å²) in [6, 6.07) is 84.8. The summed E-state index contributed by atoms with van der Waals surface area (Å²) < 4.78 is 6.42. The summed E-state index contributed by atoms with van der Waals surface area (Å²) in [7, 11) is 0. The third-order valence-corrected chi connectivity index (χ3v) is 11.7. The highest BCUT2D eigenvalue weighted by Gasteiger charge is 2.18. The van der Waals surface area contributed by atoms with E-state index in [1.807, 2.05) is 12.1 Å². The Bertz CT molecular complexity index is 3290. The Kier molecular flexibility index (Phi) is 8.87. The van der Waals surface area contributed by atoms with Gasteiger partial charge in [-0.05, 0) is 121 Å². The number of rotatable bonds is 8. The number of nitrogens with zero attached hydrogens (tertiary/aromatic N) is 1. The summed E-state index contributed by atoms with van der Waals surface area (Å²) in [5.41, 5.74) is 16.9. The van der Waals surface area contributed by atoms with Gasteiger partial charge < -0.3 is 9.32 Å². The molecule has 0 aliphatic heterocycles. The fourth-order valence-electron chi connectivity index (χ4n) is 8.78. The number of benzene rings is 10. The summed E-state index contributed by atoms with van der Waals surface area (Å²) in [5.74, 6) is 0. The minimum Gasteiger partial charge on any atom is -0.456 e. The lowest BCUT2D eigenvalue weighted by Gasteiger charge is -2.26. The van der Waals surface area contributed by atoms with Gasteiger partial charge in [-0.2, -0.15) is 0 Å². The third kappa shape index (κ3) is 6.41. The van der Waals surface area contributed by atoms with Gasteiger partial charge in [0.2, 0.25) is 0 Å². The maximum Gasteiger partial charge on any atom is 0.137 e. The summed E-state index contributed by atoms with van der Waals surface area (Å²) in [4.78, 5) is 2.33. The van der Waals surface area contributed by atoms with E-state index in [1.165, 1.54) is 55.3 Å². The standard InChI is InChI=1S/C58H39NO/c1-3-15-41(16-4-1)49-20-9-11-23-52(49)53-24-12-10-21-50(53)43-29-33-47(34-30-43)59(48-35-36-55-54-25-13-14-26-57(54)60-58(55)39-48)46-31-27-40(28-32-46)45-37-44-19-7-8-22-51(44)56(38-45)42-17-5-2-6-18-42/h1-39H. The van der Waals surface area contributed by atoms with Crippen LogP contribution in [0.15, 0.2) is 241 Å². The molecule has 0 aliphatic rings. The quantitative estimate of drug-likeness (QED) is 0.153. The van der Waals surface area contributed by atoms with Gasteiger partial charge in [0.15, 0.2) is 0 Å². The van der Waals surface area contributed by atoms with Gasteiger partial charge in [-0.15, -0.1) is 0 Å². The Morgan fingerprint density at radius 1 is 0.250 bits per heavy atom. The van der Waals surface area contributed by atoms with Gasteiger partial charge in [-0.1, -0.05) is 176 Å². The van der Waals surface area contributed by atoms with Gasteiger partial charge in [0.1, 0.15) is 11.2 Å². The van der Waals surface area contributed by atoms with Gasteiger partial charge in [-0.25, -0.2) is 0 Å². The number of anilines is 3. The second-order valence-electron chi connectivity index (χ2n) is 15.3. The highest BCUT2D eigenvalue weighted by Crippen LogP contribution is 2.43. The number of para-hydroxylation sites is 1. The molecular formula is C58H39NO. The van der Waals surface area contributed by atoms with Gasteiger partial charge in [-0.3, -0.25) is 0 Å². The predicted molar refractivity (Wildman–Crippen MR) is 253 cm³/mol. The van der Waals surface area contributed by atoms with E-state index in [0.717, 1.165) is 50.1 Å². The molecule has 2 heteroatoms. The SMILES string of the molecule is c1ccc(-c2ccccc2-c2ccccc2-c2ccc(N(c3ccc(-c4cc(-c5ccccc5)c5ccccc5c4)cc3)c3ccc4c(c3)oc3ccccc34)cc2)cc1. The Balaban J connectivity index is 1.01. The molecule has 10 aromatic carbocycles. The van der Waals surface area contributed by atoms with Crippen molar-refractivity contribution < 1.29 is 4.42 Å². The molecule has 0 amide bonds. The summed E-state index contributed by atoms with van der Waals surface area (Å²) in [6.07, 6.45) is 0. The number of hydrogen-bond donors (Lipinski definition) is 0. The first-order valence-electron chi connectivity index (χ1n) is 20.5. The van der Waals surface area contributed by atoms with Crippen LogP contribution in [-0.4, -0.2) is 0 Å². The van der Waals surface area contributed by atoms with Crippen LogP contribution < -0.4 is 4.90 Å². The van der Waals surface area contributed by atoms with Crippen LogP contribution in [0.1, 0.15) is 0 Å². The van der Waals surface area contributed by atoms with E-state index in [-0.39, 0.29) is 0 Å². The molecule has 0 radical (unpaired) electrons. The van der Waals surface area contributed by atoms with Crippen LogP contribution in [0.3, 0.4) is 0 Å². The van der Waals surface area contributed by atoms with Crippen LogP contribution in [0.2, 0.25) is 0 Å². The molecule has 0 spiro atoms. The number of fused-ring (bicyclic) bond motifs is 4. The fraction of sp³-hybridized carbons (Fsp3) is 0. The van der Waals surface area contributed by atoms with Gasteiger partial charge in [0.25, 0.3) is 0 Å². The van der Waals surface area contributed by atoms with E-state index in [9.17, 15) is 0 Å². The molecule has 0 unspecified atom stereocenters. The largest absolute Gasteiger partial charge is 0.456 e. The molecule has 1 heterocycles. The van der Waals surface area contributed by atoms with Crippen LogP contribution in [0.5, 0.6) is 0 Å². The first kappa shape index (κ1) is 35.2. The number of furan rings is 1. The van der Waals surface area contributed by atoms with Crippen LogP contribution in [0.4, 0.5) is 17.1 Å². The molecule has 11 rings (SSSR count). The maximum atomic E-state index is 6.42. The lowest BCUT2D eigenvalue weighted by Crippen LogP contribution is -2.09. The minimum absolute atomic E-state index is 0.863. The molecule has 0 N–H and O–H groups in total. The summed E-state index contributed by atoms with van der Waals surface area (Å²) in [6.45, 7) is 0. The first-order valence-corrected chi connectivity index (χ1v) is 20.5. The monoisotopic (exact) mass is 765 g/mol. The normalized spacial score (nSPS) is 11.3. The first-order chi connectivity index (χ1) is 29.7. The minimum atomic E-state index is 0.863. The molecular weight excluding hydrogens is 727 g/mol. The summed E-state index contributed by atoms with van der Waals surface area (Å²) >= 11 is 0. The fourth-order valence-corrected chi connectivity index (χ4v) is 8.78. The molecule has 282 valence electrons. The smallest absolute Gasteiger partial charge is 0.137 e. The van der Waals surface area contributed by atoms with Crippen LogP contribution >= 0.6 is 0 Å². The molecule has 60 heavy (non-hydrogen) atoms. The van der Waals surface area contributed by atoms with Crippen molar-refractivity contribution in [3.8, 4) is 55.6 Å². The van der Waals surface area contributed by atoms with Crippen molar-refractivity contribution >= 4 is 49.8 Å². The van der Waals surface area contributed by atoms with Crippen molar-refractivity contribution in [2.75, 3.05) is 4.90 Å². The molecule has 0 fully saturated rings. The Morgan fingerprint density at radius 3 is 1.37 bits per heavy atom. The molecule has 0 aliphatic carbocycles. The lowest BCUT2D eigenvalue weighted by atomic mass is 9.89. The molecule has 0 bridgehead atoms. The van der Waals surface area contributed by atoms with Crippen molar-refractivity contribution in [1.29, 1.82) is 0 Å². The van der Waals surface area contributed by atoms with Crippen molar-refractivity contribution in [1.82, 2.24) is 0 Å². The molecule has 2 nitrogen and oxygen atoms in total. The van der Waals surface area contributed by atoms with E-state index in [0.29, 0.717) is 0 Å². The van der Waals surface area contributed by atoms with Crippen LogP contribution in [-0.2, 0) is 0 Å². The molecule has 0 saturated carbocycles. The van der Waals surface area contributed by atoms with Crippen LogP contribution in [0.25, 0.3) is 88.3 Å². The van der Waals surface area contributed by atoms with Crippen LogP contribution in [0, 0.1) is 0 Å². The average Bonchev–Trinajstić information content (AvgIpc) is 3.70. The van der Waals surface area contributed by atoms with E-state index < -0.39 is 0 Å². The van der Waals surface area contributed by atoms with Crippen molar-refractivity contribution in [3.63, 3.8) is 0 Å². The second-order valence-corrected chi connectivity index (χ2v) is 15.3. The zero-order valence-electron chi connectivity index (χ0n) is 32.9. The Labute approximate surface area is 349 Å². The summed E-state index contributed by atoms with van der Waals surface area (Å²) in [5, 5.41) is 4.71. The molecule has 1 aromatic heterocycles. The van der Waals surface area contributed by atoms with E-state index >= 15 is 0 Å². The molecule has 0 saturated heterocycles. The molecule has 0 atom stereocenters.